The highest BCUT2D eigenvalue weighted by molar-refractivity contribution is 5.92. The van der Waals surface area contributed by atoms with Gasteiger partial charge in [0.2, 0.25) is 5.91 Å². The van der Waals surface area contributed by atoms with Crippen molar-refractivity contribution in [2.24, 2.45) is 0 Å². The molecular weight excluding hydrogens is 266 g/mol. The normalized spacial score (nSPS) is 9.95. The molecule has 0 heterocycles. The van der Waals surface area contributed by atoms with Gasteiger partial charge in [0.1, 0.15) is 11.5 Å². The first-order chi connectivity index (χ1) is 10.3. The van der Waals surface area contributed by atoms with Crippen molar-refractivity contribution in [2.75, 3.05) is 18.5 Å². The van der Waals surface area contributed by atoms with Crippen molar-refractivity contribution >= 4 is 11.6 Å². The van der Waals surface area contributed by atoms with Crippen molar-refractivity contribution in [3.05, 3.63) is 54.6 Å². The number of nitrogens with one attached hydrogen (secondary N) is 1. The van der Waals surface area contributed by atoms with Gasteiger partial charge in [-0.25, -0.2) is 0 Å². The summed E-state index contributed by atoms with van der Waals surface area (Å²) in [6, 6.07) is 16.8. The molecule has 0 saturated carbocycles. The van der Waals surface area contributed by atoms with Gasteiger partial charge in [-0.05, 0) is 31.2 Å². The summed E-state index contributed by atoms with van der Waals surface area (Å²) >= 11 is 0. The highest BCUT2D eigenvalue weighted by Crippen LogP contribution is 2.23. The van der Waals surface area contributed by atoms with Crippen LogP contribution in [-0.4, -0.2) is 19.1 Å². The van der Waals surface area contributed by atoms with Crippen molar-refractivity contribution in [1.82, 2.24) is 0 Å². The van der Waals surface area contributed by atoms with Gasteiger partial charge in [-0.3, -0.25) is 4.79 Å². The number of benzene rings is 2. The van der Waals surface area contributed by atoms with E-state index in [1.165, 1.54) is 0 Å². The van der Waals surface area contributed by atoms with Crippen molar-refractivity contribution in [3.8, 4) is 11.5 Å². The number of anilines is 1. The minimum Gasteiger partial charge on any atom is -0.493 e. The van der Waals surface area contributed by atoms with Gasteiger partial charge in [0.05, 0.1) is 25.3 Å². The molecule has 0 aliphatic rings. The second-order valence-corrected chi connectivity index (χ2v) is 4.39. The summed E-state index contributed by atoms with van der Waals surface area (Å²) in [5.41, 5.74) is 0.684. The van der Waals surface area contributed by atoms with Gasteiger partial charge in [-0.2, -0.15) is 0 Å². The molecular formula is C17H19NO3. The predicted molar refractivity (Wildman–Crippen MR) is 82.8 cm³/mol. The summed E-state index contributed by atoms with van der Waals surface area (Å²) in [6.45, 7) is 2.81. The zero-order valence-electron chi connectivity index (χ0n) is 12.0. The quantitative estimate of drug-likeness (QED) is 0.847. The molecule has 1 amide bonds. The number of carbonyl (C=O) groups excluding carboxylic acids is 1. The number of rotatable bonds is 7. The Labute approximate surface area is 124 Å². The maximum atomic E-state index is 11.9. The molecule has 0 unspecified atom stereocenters. The monoisotopic (exact) mass is 285 g/mol. The van der Waals surface area contributed by atoms with Crippen LogP contribution >= 0.6 is 0 Å². The Morgan fingerprint density at radius 1 is 1.00 bits per heavy atom. The fraction of sp³-hybridized carbons (Fsp3) is 0.235. The minimum absolute atomic E-state index is 0.0990. The average Bonchev–Trinajstić information content (AvgIpc) is 2.50. The third kappa shape index (κ3) is 4.84. The van der Waals surface area contributed by atoms with Gasteiger partial charge in [0.15, 0.2) is 0 Å². The molecule has 0 aliphatic carbocycles. The molecule has 0 bridgehead atoms. The van der Waals surface area contributed by atoms with Crippen molar-refractivity contribution in [3.63, 3.8) is 0 Å². The van der Waals surface area contributed by atoms with E-state index in [1.807, 2.05) is 61.5 Å². The summed E-state index contributed by atoms with van der Waals surface area (Å²) in [5.74, 6) is 1.34. The van der Waals surface area contributed by atoms with Gasteiger partial charge in [0.25, 0.3) is 0 Å². The number of amides is 1. The second kappa shape index (κ2) is 7.94. The van der Waals surface area contributed by atoms with Crippen LogP contribution in [0.1, 0.15) is 13.3 Å². The summed E-state index contributed by atoms with van der Waals surface area (Å²) in [6.07, 6.45) is 0.287. The van der Waals surface area contributed by atoms with E-state index in [0.717, 1.165) is 5.75 Å². The topological polar surface area (TPSA) is 47.6 Å². The first-order valence-corrected chi connectivity index (χ1v) is 6.99. The smallest absolute Gasteiger partial charge is 0.227 e. The lowest BCUT2D eigenvalue weighted by Gasteiger charge is -2.11. The van der Waals surface area contributed by atoms with Gasteiger partial charge in [-0.1, -0.05) is 30.3 Å². The van der Waals surface area contributed by atoms with Crippen molar-refractivity contribution < 1.29 is 14.3 Å². The number of hydrogen-bond acceptors (Lipinski definition) is 3. The Hall–Kier alpha value is -2.49. The first-order valence-electron chi connectivity index (χ1n) is 6.99. The van der Waals surface area contributed by atoms with Crippen LogP contribution in [0.4, 0.5) is 5.69 Å². The predicted octanol–water partition coefficient (Wildman–Crippen LogP) is 3.49. The molecule has 4 nitrogen and oxygen atoms in total. The standard InChI is InChI=1S/C17H19NO3/c1-2-20-16-11-7-6-10-15(16)18-17(19)12-13-21-14-8-4-3-5-9-14/h3-11H,2,12-13H2,1H3,(H,18,19). The van der Waals surface area contributed by atoms with E-state index >= 15 is 0 Å². The average molecular weight is 285 g/mol. The van der Waals surface area contributed by atoms with E-state index in [2.05, 4.69) is 5.32 Å². The highest BCUT2D eigenvalue weighted by Gasteiger charge is 2.07. The van der Waals surface area contributed by atoms with Gasteiger partial charge < -0.3 is 14.8 Å². The van der Waals surface area contributed by atoms with Crippen LogP contribution in [0.3, 0.4) is 0 Å². The Kier molecular flexibility index (Phi) is 5.64. The van der Waals surface area contributed by atoms with Gasteiger partial charge >= 0.3 is 0 Å². The van der Waals surface area contributed by atoms with Crippen LogP contribution in [0.25, 0.3) is 0 Å². The molecule has 0 aliphatic heterocycles. The third-order valence-corrected chi connectivity index (χ3v) is 2.80. The molecule has 2 aromatic rings. The molecule has 0 fully saturated rings. The summed E-state index contributed by atoms with van der Waals surface area (Å²) < 4.78 is 11.0. The lowest BCUT2D eigenvalue weighted by atomic mass is 10.3. The van der Waals surface area contributed by atoms with Crippen LogP contribution in [0.2, 0.25) is 0 Å². The van der Waals surface area contributed by atoms with Crippen LogP contribution in [0, 0.1) is 0 Å². The van der Waals surface area contributed by atoms with E-state index in [0.29, 0.717) is 24.7 Å². The van der Waals surface area contributed by atoms with Crippen molar-refractivity contribution in [2.45, 2.75) is 13.3 Å². The van der Waals surface area contributed by atoms with E-state index in [4.69, 9.17) is 9.47 Å². The molecule has 21 heavy (non-hydrogen) atoms. The Morgan fingerprint density at radius 3 is 2.48 bits per heavy atom. The first kappa shape index (κ1) is 14.9. The van der Waals surface area contributed by atoms with E-state index in [9.17, 15) is 4.79 Å². The van der Waals surface area contributed by atoms with Crippen LogP contribution < -0.4 is 14.8 Å². The fourth-order valence-corrected chi connectivity index (χ4v) is 1.84. The van der Waals surface area contributed by atoms with Gasteiger partial charge in [-0.15, -0.1) is 0 Å². The lowest BCUT2D eigenvalue weighted by Crippen LogP contribution is -2.15. The third-order valence-electron chi connectivity index (χ3n) is 2.80. The van der Waals surface area contributed by atoms with Crippen LogP contribution in [-0.2, 0) is 4.79 Å². The number of hydrogen-bond donors (Lipinski definition) is 1. The minimum atomic E-state index is -0.0990. The molecule has 1 N–H and O–H groups in total. The molecule has 0 spiro atoms. The maximum absolute atomic E-state index is 11.9. The van der Waals surface area contributed by atoms with Crippen molar-refractivity contribution in [1.29, 1.82) is 0 Å². The molecule has 0 saturated heterocycles. The largest absolute Gasteiger partial charge is 0.493 e. The van der Waals surface area contributed by atoms with E-state index in [1.54, 1.807) is 0 Å². The molecule has 110 valence electrons. The highest BCUT2D eigenvalue weighted by atomic mass is 16.5. The molecule has 2 rings (SSSR count). The number of ether oxygens (including phenoxy) is 2. The Bertz CT molecular complexity index is 569. The number of para-hydroxylation sites is 3. The molecule has 0 atom stereocenters. The summed E-state index contributed by atoms with van der Waals surface area (Å²) in [7, 11) is 0. The molecule has 0 radical (unpaired) electrons. The maximum Gasteiger partial charge on any atom is 0.227 e. The number of carbonyl (C=O) groups is 1. The van der Waals surface area contributed by atoms with Crippen LogP contribution in [0.15, 0.2) is 54.6 Å². The fourth-order valence-electron chi connectivity index (χ4n) is 1.84. The summed E-state index contributed by atoms with van der Waals surface area (Å²) in [4.78, 5) is 11.9. The zero-order valence-corrected chi connectivity index (χ0v) is 12.0. The Morgan fingerprint density at radius 2 is 1.71 bits per heavy atom. The van der Waals surface area contributed by atoms with E-state index in [-0.39, 0.29) is 12.3 Å². The SMILES string of the molecule is CCOc1ccccc1NC(=O)CCOc1ccccc1. The van der Waals surface area contributed by atoms with Gasteiger partial charge in [0, 0.05) is 0 Å². The summed E-state index contributed by atoms with van der Waals surface area (Å²) in [5, 5.41) is 2.84. The van der Waals surface area contributed by atoms with E-state index < -0.39 is 0 Å². The molecule has 4 heteroatoms. The lowest BCUT2D eigenvalue weighted by molar-refractivity contribution is -0.116. The van der Waals surface area contributed by atoms with Crippen LogP contribution in [0.5, 0.6) is 11.5 Å². The molecule has 0 aromatic heterocycles. The zero-order chi connectivity index (χ0) is 14.9. The molecule has 2 aromatic carbocycles. The Balaban J connectivity index is 1.82. The second-order valence-electron chi connectivity index (χ2n) is 4.39.